The van der Waals surface area contributed by atoms with Crippen molar-refractivity contribution in [3.63, 3.8) is 0 Å². The Morgan fingerprint density at radius 1 is 0.778 bits per heavy atom. The van der Waals surface area contributed by atoms with Gasteiger partial charge in [-0.1, -0.05) is 150 Å². The molecule has 0 amide bonds. The molecule has 4 aliphatic rings. The van der Waals surface area contributed by atoms with Crippen LogP contribution in [0.3, 0.4) is 0 Å². The van der Waals surface area contributed by atoms with E-state index in [-0.39, 0.29) is 12.1 Å². The minimum Gasteiger partial charge on any atom is -0.462 e. The first-order chi connectivity index (χ1) is 21.7. The fraction of sp³-hybridized carbons (Fsp3) is 0.930. The lowest BCUT2D eigenvalue weighted by Crippen LogP contribution is -2.51. The molecule has 4 aliphatic carbocycles. The van der Waals surface area contributed by atoms with Crippen LogP contribution in [0.25, 0.3) is 0 Å². The zero-order valence-electron chi connectivity index (χ0n) is 31.1. The van der Waals surface area contributed by atoms with Crippen molar-refractivity contribution in [2.45, 2.75) is 208 Å². The SMILES string of the molecule is CCCCCCCCCCCCCCCC(=O)O[C@H]1CC[C@@]2(C)C(=CC[C@@H]3[C@@H]2CC[C@]2(C)C([C@H](C)CCCC(C)C)CC[C@@H]32)C1. The zero-order chi connectivity index (χ0) is 32.3. The Labute approximate surface area is 281 Å². The van der Waals surface area contributed by atoms with E-state index >= 15 is 0 Å². The van der Waals surface area contributed by atoms with Crippen LogP contribution in [0.4, 0.5) is 0 Å². The summed E-state index contributed by atoms with van der Waals surface area (Å²) in [7, 11) is 0. The van der Waals surface area contributed by atoms with Crippen molar-refractivity contribution in [1.82, 2.24) is 0 Å². The first-order valence-electron chi connectivity index (χ1n) is 20.6. The summed E-state index contributed by atoms with van der Waals surface area (Å²) in [6.07, 6.45) is 35.4. The predicted octanol–water partition coefficient (Wildman–Crippen LogP) is 13.4. The number of rotatable bonds is 20. The molecule has 0 spiro atoms. The van der Waals surface area contributed by atoms with Gasteiger partial charge in [0.2, 0.25) is 0 Å². The van der Waals surface area contributed by atoms with Crippen molar-refractivity contribution >= 4 is 5.97 Å². The van der Waals surface area contributed by atoms with E-state index in [1.54, 1.807) is 5.57 Å². The molecule has 260 valence electrons. The maximum atomic E-state index is 12.8. The van der Waals surface area contributed by atoms with Gasteiger partial charge in [0.1, 0.15) is 6.10 Å². The quantitative estimate of drug-likeness (QED) is 0.0765. The van der Waals surface area contributed by atoms with Crippen molar-refractivity contribution in [2.75, 3.05) is 0 Å². The average molecular weight is 625 g/mol. The van der Waals surface area contributed by atoms with Crippen LogP contribution in [0.1, 0.15) is 202 Å². The van der Waals surface area contributed by atoms with Crippen LogP contribution in [0, 0.1) is 46.3 Å². The molecule has 2 heteroatoms. The molecule has 0 bridgehead atoms. The maximum absolute atomic E-state index is 12.8. The second-order valence-electron chi connectivity index (χ2n) is 17.6. The molecule has 8 atom stereocenters. The lowest BCUT2D eigenvalue weighted by Gasteiger charge is -2.58. The molecule has 0 aliphatic heterocycles. The Morgan fingerprint density at radius 2 is 1.42 bits per heavy atom. The van der Waals surface area contributed by atoms with Gasteiger partial charge in [-0.25, -0.2) is 0 Å². The highest BCUT2D eigenvalue weighted by Gasteiger charge is 2.59. The fourth-order valence-electron chi connectivity index (χ4n) is 11.3. The average Bonchev–Trinajstić information content (AvgIpc) is 3.37. The van der Waals surface area contributed by atoms with Crippen LogP contribution in [-0.4, -0.2) is 12.1 Å². The Balaban J connectivity index is 1.14. The number of esters is 1. The van der Waals surface area contributed by atoms with Crippen LogP contribution < -0.4 is 0 Å². The molecular weight excluding hydrogens is 548 g/mol. The molecule has 0 saturated heterocycles. The summed E-state index contributed by atoms with van der Waals surface area (Å²) in [4.78, 5) is 12.8. The Kier molecular flexibility index (Phi) is 14.9. The van der Waals surface area contributed by atoms with E-state index in [1.165, 1.54) is 135 Å². The Morgan fingerprint density at radius 3 is 2.07 bits per heavy atom. The summed E-state index contributed by atoms with van der Waals surface area (Å²) in [5.74, 6) is 5.34. The minimum atomic E-state index is 0.0638. The highest BCUT2D eigenvalue weighted by Crippen LogP contribution is 2.67. The third-order valence-corrected chi connectivity index (χ3v) is 14.0. The summed E-state index contributed by atoms with van der Waals surface area (Å²) in [6, 6.07) is 0. The molecule has 2 nitrogen and oxygen atoms in total. The van der Waals surface area contributed by atoms with Crippen LogP contribution >= 0.6 is 0 Å². The van der Waals surface area contributed by atoms with E-state index < -0.39 is 0 Å². The maximum Gasteiger partial charge on any atom is 0.306 e. The van der Waals surface area contributed by atoms with E-state index in [0.29, 0.717) is 17.3 Å². The molecule has 3 fully saturated rings. The summed E-state index contributed by atoms with van der Waals surface area (Å²) in [5, 5.41) is 0. The predicted molar refractivity (Wildman–Crippen MR) is 193 cm³/mol. The van der Waals surface area contributed by atoms with Crippen molar-refractivity contribution in [1.29, 1.82) is 0 Å². The number of carbonyl (C=O) groups excluding carboxylic acids is 1. The van der Waals surface area contributed by atoms with Crippen molar-refractivity contribution in [3.05, 3.63) is 11.6 Å². The van der Waals surface area contributed by atoms with Gasteiger partial charge in [-0.2, -0.15) is 0 Å². The molecule has 0 aromatic rings. The van der Waals surface area contributed by atoms with Crippen molar-refractivity contribution in [2.24, 2.45) is 46.3 Å². The van der Waals surface area contributed by atoms with E-state index in [1.807, 2.05) is 0 Å². The minimum absolute atomic E-state index is 0.0638. The smallest absolute Gasteiger partial charge is 0.306 e. The molecule has 0 heterocycles. The van der Waals surface area contributed by atoms with Gasteiger partial charge in [-0.15, -0.1) is 0 Å². The summed E-state index contributed by atoms with van der Waals surface area (Å²) in [6.45, 7) is 14.9. The molecule has 0 N–H and O–H groups in total. The molecular formula is C43H76O2. The molecule has 3 saturated carbocycles. The van der Waals surface area contributed by atoms with Gasteiger partial charge in [0.05, 0.1) is 0 Å². The number of hydrogen-bond acceptors (Lipinski definition) is 2. The van der Waals surface area contributed by atoms with Gasteiger partial charge in [0, 0.05) is 12.8 Å². The van der Waals surface area contributed by atoms with Gasteiger partial charge < -0.3 is 4.74 Å². The second-order valence-corrected chi connectivity index (χ2v) is 17.6. The molecule has 4 rings (SSSR count). The third kappa shape index (κ3) is 9.87. The monoisotopic (exact) mass is 625 g/mol. The molecule has 0 radical (unpaired) electrons. The van der Waals surface area contributed by atoms with E-state index in [9.17, 15) is 4.79 Å². The lowest BCUT2D eigenvalue weighted by molar-refractivity contribution is -0.151. The van der Waals surface area contributed by atoms with Gasteiger partial charge in [-0.05, 0) is 97.7 Å². The van der Waals surface area contributed by atoms with Gasteiger partial charge >= 0.3 is 5.97 Å². The Bertz CT molecular complexity index is 904. The topological polar surface area (TPSA) is 26.3 Å². The van der Waals surface area contributed by atoms with E-state index in [4.69, 9.17) is 4.74 Å². The lowest BCUT2D eigenvalue weighted by atomic mass is 9.47. The summed E-state index contributed by atoms with van der Waals surface area (Å²) < 4.78 is 6.12. The third-order valence-electron chi connectivity index (χ3n) is 14.0. The second kappa shape index (κ2) is 18.1. The molecule has 45 heavy (non-hydrogen) atoms. The van der Waals surface area contributed by atoms with E-state index in [0.717, 1.165) is 54.8 Å². The van der Waals surface area contributed by atoms with Crippen molar-refractivity contribution < 1.29 is 9.53 Å². The molecule has 1 unspecified atom stereocenters. The fourth-order valence-corrected chi connectivity index (χ4v) is 11.3. The number of ether oxygens (including phenoxy) is 1. The standard InChI is InChI=1S/C43H76O2/c1-7-8-9-10-11-12-13-14-15-16-17-18-19-23-41(44)45-36-28-30-42(5)35(32-36)24-25-37-39-27-26-38(34(4)22-20-21-33(2)3)43(39,6)31-29-40(37)42/h24,33-34,36-40H,7-23,25-32H2,1-6H3/t34-,36+,37+,38?,39+,40+,42+,43-/m1/s1. The number of allylic oxidation sites excluding steroid dienone is 1. The molecule has 0 aromatic heterocycles. The van der Waals surface area contributed by atoms with Gasteiger partial charge in [0.25, 0.3) is 0 Å². The van der Waals surface area contributed by atoms with Crippen LogP contribution in [-0.2, 0) is 9.53 Å². The van der Waals surface area contributed by atoms with Crippen molar-refractivity contribution in [3.8, 4) is 0 Å². The number of carbonyl (C=O) groups is 1. The first kappa shape index (κ1) is 37.0. The van der Waals surface area contributed by atoms with Crippen LogP contribution in [0.15, 0.2) is 11.6 Å². The number of unbranched alkanes of at least 4 members (excludes halogenated alkanes) is 12. The largest absolute Gasteiger partial charge is 0.462 e. The normalized spacial score (nSPS) is 33.3. The highest BCUT2D eigenvalue weighted by atomic mass is 16.5. The molecule has 0 aromatic carbocycles. The number of fused-ring (bicyclic) bond motifs is 5. The Hall–Kier alpha value is -0.790. The number of hydrogen-bond donors (Lipinski definition) is 0. The summed E-state index contributed by atoms with van der Waals surface area (Å²) in [5.41, 5.74) is 2.54. The van der Waals surface area contributed by atoms with Crippen LogP contribution in [0.2, 0.25) is 0 Å². The van der Waals surface area contributed by atoms with E-state index in [2.05, 4.69) is 47.6 Å². The van der Waals surface area contributed by atoms with Gasteiger partial charge in [0.15, 0.2) is 0 Å². The van der Waals surface area contributed by atoms with Crippen LogP contribution in [0.5, 0.6) is 0 Å². The highest BCUT2D eigenvalue weighted by molar-refractivity contribution is 5.69. The first-order valence-corrected chi connectivity index (χ1v) is 20.6. The van der Waals surface area contributed by atoms with Gasteiger partial charge in [-0.3, -0.25) is 4.79 Å². The zero-order valence-corrected chi connectivity index (χ0v) is 31.1. The summed E-state index contributed by atoms with van der Waals surface area (Å²) >= 11 is 0.